The SMILES string of the molecule is NC1CCN(C(=O)NCCn2cnc(C(=O)O)c2)C1. The number of aromatic nitrogens is 2. The van der Waals surface area contributed by atoms with Gasteiger partial charge in [-0.2, -0.15) is 0 Å². The van der Waals surface area contributed by atoms with Gasteiger partial charge in [-0.25, -0.2) is 14.6 Å². The molecule has 0 aromatic carbocycles. The standard InChI is InChI=1S/C11H17N5O3/c12-8-1-3-16(5-8)11(19)13-2-4-15-6-9(10(17)18)14-7-15/h6-8H,1-5,12H2,(H,13,19)(H,17,18). The number of nitrogens with two attached hydrogens (primary N) is 1. The first-order chi connectivity index (χ1) is 9.06. The number of aromatic carboxylic acids is 1. The van der Waals surface area contributed by atoms with Crippen molar-refractivity contribution in [1.82, 2.24) is 19.8 Å². The minimum atomic E-state index is -1.06. The molecule has 4 N–H and O–H groups in total. The van der Waals surface area contributed by atoms with E-state index in [0.29, 0.717) is 26.2 Å². The van der Waals surface area contributed by atoms with Crippen molar-refractivity contribution in [2.75, 3.05) is 19.6 Å². The van der Waals surface area contributed by atoms with E-state index in [1.54, 1.807) is 9.47 Å². The summed E-state index contributed by atoms with van der Waals surface area (Å²) in [6, 6.07) is -0.0657. The molecule has 8 heteroatoms. The Morgan fingerprint density at radius 1 is 1.58 bits per heavy atom. The molecule has 2 amide bonds. The third kappa shape index (κ3) is 3.44. The lowest BCUT2D eigenvalue weighted by Crippen LogP contribution is -2.40. The van der Waals surface area contributed by atoms with E-state index >= 15 is 0 Å². The van der Waals surface area contributed by atoms with Gasteiger partial charge in [0.1, 0.15) is 0 Å². The van der Waals surface area contributed by atoms with Crippen LogP contribution in [0.2, 0.25) is 0 Å². The molecule has 104 valence electrons. The zero-order chi connectivity index (χ0) is 13.8. The molecule has 1 fully saturated rings. The van der Waals surface area contributed by atoms with Gasteiger partial charge in [0, 0.05) is 38.4 Å². The minimum Gasteiger partial charge on any atom is -0.476 e. The lowest BCUT2D eigenvalue weighted by molar-refractivity contribution is 0.0691. The van der Waals surface area contributed by atoms with E-state index in [0.717, 1.165) is 6.42 Å². The number of amides is 2. The highest BCUT2D eigenvalue weighted by Crippen LogP contribution is 2.06. The zero-order valence-corrected chi connectivity index (χ0v) is 10.5. The number of nitrogens with one attached hydrogen (secondary N) is 1. The van der Waals surface area contributed by atoms with E-state index < -0.39 is 5.97 Å². The predicted octanol–water partition coefficient (Wildman–Crippen LogP) is -0.676. The van der Waals surface area contributed by atoms with Crippen LogP contribution in [-0.4, -0.2) is 57.2 Å². The summed E-state index contributed by atoms with van der Waals surface area (Å²) in [5.74, 6) is -1.06. The number of imidazole rings is 1. The van der Waals surface area contributed by atoms with Crippen molar-refractivity contribution < 1.29 is 14.7 Å². The number of nitrogens with zero attached hydrogens (tertiary/aromatic N) is 3. The van der Waals surface area contributed by atoms with Crippen LogP contribution in [0.5, 0.6) is 0 Å². The Balaban J connectivity index is 1.73. The van der Waals surface area contributed by atoms with E-state index in [-0.39, 0.29) is 17.8 Å². The third-order valence-corrected chi connectivity index (χ3v) is 3.01. The van der Waals surface area contributed by atoms with Crippen molar-refractivity contribution in [3.05, 3.63) is 18.2 Å². The molecule has 19 heavy (non-hydrogen) atoms. The van der Waals surface area contributed by atoms with Gasteiger partial charge in [-0.1, -0.05) is 0 Å². The molecule has 1 aliphatic rings. The number of rotatable bonds is 4. The molecule has 1 aromatic heterocycles. The maximum absolute atomic E-state index is 11.7. The average molecular weight is 267 g/mol. The van der Waals surface area contributed by atoms with Crippen LogP contribution in [0.3, 0.4) is 0 Å². The molecule has 0 saturated carbocycles. The first-order valence-electron chi connectivity index (χ1n) is 6.09. The number of carbonyl (C=O) groups excluding carboxylic acids is 1. The fourth-order valence-corrected chi connectivity index (χ4v) is 1.97. The van der Waals surface area contributed by atoms with Crippen molar-refractivity contribution in [2.45, 2.75) is 19.0 Å². The lowest BCUT2D eigenvalue weighted by Gasteiger charge is -2.16. The summed E-state index contributed by atoms with van der Waals surface area (Å²) >= 11 is 0. The fraction of sp³-hybridized carbons (Fsp3) is 0.545. The summed E-state index contributed by atoms with van der Waals surface area (Å²) in [6.45, 7) is 2.16. The van der Waals surface area contributed by atoms with Gasteiger partial charge in [0.2, 0.25) is 0 Å². The number of carbonyl (C=O) groups is 2. The van der Waals surface area contributed by atoms with Gasteiger partial charge in [0.05, 0.1) is 6.33 Å². The predicted molar refractivity (Wildman–Crippen MR) is 66.8 cm³/mol. The van der Waals surface area contributed by atoms with Gasteiger partial charge in [-0.05, 0) is 6.42 Å². The Bertz CT molecular complexity index is 473. The molecular formula is C11H17N5O3. The molecule has 0 bridgehead atoms. The third-order valence-electron chi connectivity index (χ3n) is 3.01. The van der Waals surface area contributed by atoms with E-state index in [1.165, 1.54) is 12.5 Å². The molecule has 1 aliphatic heterocycles. The molecule has 8 nitrogen and oxygen atoms in total. The Morgan fingerprint density at radius 3 is 2.95 bits per heavy atom. The molecule has 0 radical (unpaired) electrons. The molecular weight excluding hydrogens is 250 g/mol. The van der Waals surface area contributed by atoms with Gasteiger partial charge >= 0.3 is 12.0 Å². The maximum atomic E-state index is 11.7. The molecule has 1 atom stereocenters. The first-order valence-corrected chi connectivity index (χ1v) is 6.09. The summed E-state index contributed by atoms with van der Waals surface area (Å²) in [6.07, 6.45) is 3.69. The van der Waals surface area contributed by atoms with Gasteiger partial charge < -0.3 is 25.6 Å². The first kappa shape index (κ1) is 13.3. The van der Waals surface area contributed by atoms with Crippen LogP contribution in [0.15, 0.2) is 12.5 Å². The highest BCUT2D eigenvalue weighted by Gasteiger charge is 2.22. The summed E-state index contributed by atoms with van der Waals surface area (Å²) in [5.41, 5.74) is 5.72. The topological polar surface area (TPSA) is 113 Å². The molecule has 0 aliphatic carbocycles. The highest BCUT2D eigenvalue weighted by molar-refractivity contribution is 5.84. The summed E-state index contributed by atoms with van der Waals surface area (Å²) in [5, 5.41) is 11.5. The van der Waals surface area contributed by atoms with Crippen molar-refractivity contribution in [1.29, 1.82) is 0 Å². The molecule has 0 spiro atoms. The van der Waals surface area contributed by atoms with Crippen LogP contribution in [0, 0.1) is 0 Å². The normalized spacial score (nSPS) is 18.6. The van der Waals surface area contributed by atoms with Crippen molar-refractivity contribution >= 4 is 12.0 Å². The van der Waals surface area contributed by atoms with Crippen LogP contribution in [-0.2, 0) is 6.54 Å². The molecule has 1 aromatic rings. The number of urea groups is 1. The number of carboxylic acids is 1. The molecule has 2 rings (SSSR count). The summed E-state index contributed by atoms with van der Waals surface area (Å²) < 4.78 is 1.62. The van der Waals surface area contributed by atoms with Crippen LogP contribution in [0.4, 0.5) is 4.79 Å². The maximum Gasteiger partial charge on any atom is 0.356 e. The quantitative estimate of drug-likeness (QED) is 0.669. The largest absolute Gasteiger partial charge is 0.476 e. The van der Waals surface area contributed by atoms with Gasteiger partial charge in [0.25, 0.3) is 0 Å². The monoisotopic (exact) mass is 267 g/mol. The zero-order valence-electron chi connectivity index (χ0n) is 10.5. The molecule has 2 heterocycles. The van der Waals surface area contributed by atoms with E-state index in [9.17, 15) is 9.59 Å². The second kappa shape index (κ2) is 5.70. The Kier molecular flexibility index (Phi) is 4.00. The van der Waals surface area contributed by atoms with Gasteiger partial charge in [-0.3, -0.25) is 0 Å². The lowest BCUT2D eigenvalue weighted by atomic mass is 10.3. The number of hydrogen-bond acceptors (Lipinski definition) is 4. The van der Waals surface area contributed by atoms with Crippen molar-refractivity contribution in [3.8, 4) is 0 Å². The van der Waals surface area contributed by atoms with Crippen molar-refractivity contribution in [3.63, 3.8) is 0 Å². The smallest absolute Gasteiger partial charge is 0.356 e. The number of carboxylic acid groups (broad SMARTS) is 1. The average Bonchev–Trinajstić information content (AvgIpc) is 2.98. The van der Waals surface area contributed by atoms with E-state index in [2.05, 4.69) is 10.3 Å². The second-order valence-electron chi connectivity index (χ2n) is 4.53. The number of hydrogen-bond donors (Lipinski definition) is 3. The highest BCUT2D eigenvalue weighted by atomic mass is 16.4. The Morgan fingerprint density at radius 2 is 2.37 bits per heavy atom. The number of likely N-dealkylation sites (tertiary alicyclic amines) is 1. The summed E-state index contributed by atoms with van der Waals surface area (Å²) in [4.78, 5) is 27.8. The van der Waals surface area contributed by atoms with Crippen LogP contribution in [0.25, 0.3) is 0 Å². The van der Waals surface area contributed by atoms with Gasteiger partial charge in [-0.15, -0.1) is 0 Å². The Labute approximate surface area is 110 Å². The fourth-order valence-electron chi connectivity index (χ4n) is 1.97. The summed E-state index contributed by atoms with van der Waals surface area (Å²) in [7, 11) is 0. The van der Waals surface area contributed by atoms with Crippen LogP contribution in [0.1, 0.15) is 16.9 Å². The van der Waals surface area contributed by atoms with Crippen LogP contribution >= 0.6 is 0 Å². The van der Waals surface area contributed by atoms with Gasteiger partial charge in [0.15, 0.2) is 5.69 Å². The van der Waals surface area contributed by atoms with Crippen LogP contribution < -0.4 is 11.1 Å². The second-order valence-corrected chi connectivity index (χ2v) is 4.53. The minimum absolute atomic E-state index is 0.00292. The molecule has 1 unspecified atom stereocenters. The van der Waals surface area contributed by atoms with E-state index in [1.807, 2.05) is 0 Å². The van der Waals surface area contributed by atoms with E-state index in [4.69, 9.17) is 10.8 Å². The molecule has 1 saturated heterocycles. The van der Waals surface area contributed by atoms with Crippen molar-refractivity contribution in [2.24, 2.45) is 5.73 Å². The Hall–Kier alpha value is -2.09.